The molecule has 0 heterocycles. The first-order valence-electron chi connectivity index (χ1n) is 7.03. The normalized spacial score (nSPS) is 15.2. The first kappa shape index (κ1) is 18.3. The lowest BCUT2D eigenvalue weighted by Gasteiger charge is -2.39. The van der Waals surface area contributed by atoms with Crippen LogP contribution < -0.4 is 0 Å². The van der Waals surface area contributed by atoms with Gasteiger partial charge >= 0.3 is 0 Å². The lowest BCUT2D eigenvalue weighted by atomic mass is 10.1. The van der Waals surface area contributed by atoms with Crippen LogP contribution in [0.15, 0.2) is 24.3 Å². The van der Waals surface area contributed by atoms with Crippen LogP contribution in [0.5, 0.6) is 0 Å². The Labute approximate surface area is 120 Å². The summed E-state index contributed by atoms with van der Waals surface area (Å²) in [6, 6.07) is 0. The quantitative estimate of drug-likeness (QED) is 0.360. The van der Waals surface area contributed by atoms with Gasteiger partial charge in [0.1, 0.15) is 6.29 Å². The van der Waals surface area contributed by atoms with Crippen LogP contribution in [-0.2, 0) is 9.22 Å². The van der Waals surface area contributed by atoms with E-state index < -0.39 is 8.32 Å². The molecule has 0 saturated carbocycles. The van der Waals surface area contributed by atoms with Gasteiger partial charge in [-0.1, -0.05) is 45.1 Å². The van der Waals surface area contributed by atoms with Crippen LogP contribution in [0.4, 0.5) is 0 Å². The third-order valence-corrected chi connectivity index (χ3v) is 8.42. The van der Waals surface area contributed by atoms with Gasteiger partial charge in [0.2, 0.25) is 0 Å². The minimum absolute atomic E-state index is 0.0477. The lowest BCUT2D eigenvalue weighted by Crippen LogP contribution is -2.44. The van der Waals surface area contributed by atoms with Crippen molar-refractivity contribution in [2.45, 2.75) is 71.2 Å². The van der Waals surface area contributed by atoms with Gasteiger partial charge in [-0.15, -0.1) is 0 Å². The molecule has 0 unspecified atom stereocenters. The van der Waals surface area contributed by atoms with Crippen LogP contribution in [0.25, 0.3) is 0 Å². The fourth-order valence-corrected chi connectivity index (χ4v) is 3.00. The Kier molecular flexibility index (Phi) is 7.53. The van der Waals surface area contributed by atoms with Crippen LogP contribution in [-0.4, -0.2) is 20.7 Å². The fourth-order valence-electron chi connectivity index (χ4n) is 1.60. The molecule has 0 radical (unpaired) electrons. The van der Waals surface area contributed by atoms with Crippen molar-refractivity contribution >= 4 is 14.6 Å². The molecule has 0 fully saturated rings. The predicted molar refractivity (Wildman–Crippen MR) is 85.9 cm³/mol. The summed E-state index contributed by atoms with van der Waals surface area (Å²) in [5.41, 5.74) is 1.28. The van der Waals surface area contributed by atoms with Gasteiger partial charge in [0.25, 0.3) is 0 Å². The Morgan fingerprint density at radius 1 is 1.37 bits per heavy atom. The molecule has 3 heteroatoms. The molecule has 0 rings (SSSR count). The minimum atomic E-state index is -1.79. The van der Waals surface area contributed by atoms with E-state index >= 15 is 0 Å². The minimum Gasteiger partial charge on any atom is -0.413 e. The van der Waals surface area contributed by atoms with Crippen molar-refractivity contribution < 1.29 is 9.22 Å². The van der Waals surface area contributed by atoms with Gasteiger partial charge in [-0.3, -0.25) is 0 Å². The zero-order valence-corrected chi connectivity index (χ0v) is 14.5. The third kappa shape index (κ3) is 6.88. The van der Waals surface area contributed by atoms with Gasteiger partial charge in [-0.2, -0.15) is 0 Å². The Bertz CT molecular complexity index is 324. The molecule has 0 aliphatic heterocycles. The zero-order chi connectivity index (χ0) is 15.1. The van der Waals surface area contributed by atoms with Crippen molar-refractivity contribution in [3.8, 4) is 0 Å². The van der Waals surface area contributed by atoms with E-state index in [4.69, 9.17) is 4.43 Å². The van der Waals surface area contributed by atoms with E-state index in [1.807, 2.05) is 6.08 Å². The highest BCUT2D eigenvalue weighted by Crippen LogP contribution is 2.38. The number of carbonyl (C=O) groups is 1. The molecule has 0 aromatic carbocycles. The predicted octanol–water partition coefficient (Wildman–Crippen LogP) is 4.88. The average molecular weight is 282 g/mol. The van der Waals surface area contributed by atoms with Crippen molar-refractivity contribution in [2.24, 2.45) is 0 Å². The van der Waals surface area contributed by atoms with E-state index in [0.29, 0.717) is 6.42 Å². The van der Waals surface area contributed by atoms with Crippen LogP contribution in [0.2, 0.25) is 18.1 Å². The smallest absolute Gasteiger partial charge is 0.192 e. The molecule has 1 atom stereocenters. The van der Waals surface area contributed by atoms with Gasteiger partial charge in [0.15, 0.2) is 8.32 Å². The standard InChI is InChI=1S/C16H30O2Si/c1-8-9-14(2)10-11-15(12-13-17)18-19(6,7)16(3,4)5/h8-9,13,15H,1,10-12H2,2-7H3/b14-9+/t15-/m1/s1. The summed E-state index contributed by atoms with van der Waals surface area (Å²) in [5, 5.41) is 0.181. The molecular weight excluding hydrogens is 252 g/mol. The molecule has 0 aromatic heterocycles. The van der Waals surface area contributed by atoms with E-state index in [1.165, 1.54) is 5.57 Å². The molecular formula is C16H30O2Si. The summed E-state index contributed by atoms with van der Waals surface area (Å²) in [5.74, 6) is 0. The third-order valence-electron chi connectivity index (χ3n) is 3.89. The van der Waals surface area contributed by atoms with E-state index in [2.05, 4.69) is 47.4 Å². The summed E-state index contributed by atoms with van der Waals surface area (Å²) in [7, 11) is -1.79. The molecule has 110 valence electrons. The molecule has 0 aliphatic rings. The van der Waals surface area contributed by atoms with Crippen LogP contribution >= 0.6 is 0 Å². The SMILES string of the molecule is C=C/C=C(\C)CC[C@H](CC=O)O[Si](C)(C)C(C)(C)C. The Hall–Kier alpha value is -0.673. The van der Waals surface area contributed by atoms with Crippen molar-refractivity contribution in [1.29, 1.82) is 0 Å². The first-order valence-corrected chi connectivity index (χ1v) is 9.94. The Balaban J connectivity index is 4.62. The first-order chi connectivity index (χ1) is 8.64. The summed E-state index contributed by atoms with van der Waals surface area (Å²) in [6.07, 6.45) is 7.20. The van der Waals surface area contributed by atoms with E-state index in [1.54, 1.807) is 6.08 Å². The summed E-state index contributed by atoms with van der Waals surface area (Å²) < 4.78 is 6.33. The van der Waals surface area contributed by atoms with Crippen molar-refractivity contribution in [2.75, 3.05) is 0 Å². The largest absolute Gasteiger partial charge is 0.413 e. The maximum Gasteiger partial charge on any atom is 0.192 e. The summed E-state index contributed by atoms with van der Waals surface area (Å²) in [4.78, 5) is 10.8. The highest BCUT2D eigenvalue weighted by Gasteiger charge is 2.38. The van der Waals surface area contributed by atoms with Gasteiger partial charge in [-0.25, -0.2) is 0 Å². The molecule has 0 spiro atoms. The monoisotopic (exact) mass is 282 g/mol. The summed E-state index contributed by atoms with van der Waals surface area (Å²) >= 11 is 0. The lowest BCUT2D eigenvalue weighted by molar-refractivity contribution is -0.109. The maximum atomic E-state index is 10.8. The van der Waals surface area contributed by atoms with Crippen molar-refractivity contribution in [1.82, 2.24) is 0 Å². The Morgan fingerprint density at radius 2 is 1.95 bits per heavy atom. The number of aldehydes is 1. The average Bonchev–Trinajstić information content (AvgIpc) is 2.24. The van der Waals surface area contributed by atoms with Gasteiger partial charge in [-0.05, 0) is 37.9 Å². The van der Waals surface area contributed by atoms with Crippen molar-refractivity contribution in [3.05, 3.63) is 24.3 Å². The van der Waals surface area contributed by atoms with Gasteiger partial charge < -0.3 is 9.22 Å². The molecule has 0 bridgehead atoms. The molecule has 0 saturated heterocycles. The number of hydrogen-bond acceptors (Lipinski definition) is 2. The topological polar surface area (TPSA) is 26.3 Å². The molecule has 0 aromatic rings. The van der Waals surface area contributed by atoms with E-state index in [0.717, 1.165) is 19.1 Å². The molecule has 0 aliphatic carbocycles. The van der Waals surface area contributed by atoms with E-state index in [9.17, 15) is 4.79 Å². The zero-order valence-electron chi connectivity index (χ0n) is 13.5. The second kappa shape index (κ2) is 7.80. The van der Waals surface area contributed by atoms with Crippen LogP contribution in [0.3, 0.4) is 0 Å². The van der Waals surface area contributed by atoms with Crippen LogP contribution in [0, 0.1) is 0 Å². The molecule has 0 N–H and O–H groups in total. The van der Waals surface area contributed by atoms with Gasteiger partial charge in [0.05, 0.1) is 6.10 Å². The summed E-state index contributed by atoms with van der Waals surface area (Å²) in [6.45, 7) is 16.9. The number of hydrogen-bond donors (Lipinski definition) is 0. The van der Waals surface area contributed by atoms with E-state index in [-0.39, 0.29) is 11.1 Å². The highest BCUT2D eigenvalue weighted by atomic mass is 28.4. The van der Waals surface area contributed by atoms with Gasteiger partial charge in [0, 0.05) is 6.42 Å². The fraction of sp³-hybridized carbons (Fsp3) is 0.688. The number of carbonyl (C=O) groups excluding carboxylic acids is 1. The second-order valence-electron chi connectivity index (χ2n) is 6.69. The maximum absolute atomic E-state index is 10.8. The second-order valence-corrected chi connectivity index (χ2v) is 11.4. The highest BCUT2D eigenvalue weighted by molar-refractivity contribution is 6.74. The molecule has 2 nitrogen and oxygen atoms in total. The Morgan fingerprint density at radius 3 is 2.37 bits per heavy atom. The molecule has 19 heavy (non-hydrogen) atoms. The van der Waals surface area contributed by atoms with Crippen LogP contribution in [0.1, 0.15) is 47.0 Å². The number of rotatable bonds is 8. The van der Waals surface area contributed by atoms with Crippen molar-refractivity contribution in [3.63, 3.8) is 0 Å². The molecule has 0 amide bonds. The number of allylic oxidation sites excluding steroid dienone is 3.